The second-order valence-electron chi connectivity index (χ2n) is 5.84. The topological polar surface area (TPSA) is 76.8 Å². The highest BCUT2D eigenvalue weighted by molar-refractivity contribution is 5.89. The summed E-state index contributed by atoms with van der Waals surface area (Å²) in [6, 6.07) is 15.4. The molecule has 0 radical (unpaired) electrons. The second-order valence-corrected chi connectivity index (χ2v) is 5.84. The third-order valence-corrected chi connectivity index (χ3v) is 4.06. The van der Waals surface area contributed by atoms with Crippen molar-refractivity contribution in [3.63, 3.8) is 0 Å². The van der Waals surface area contributed by atoms with Crippen molar-refractivity contribution < 1.29 is 4.79 Å². The molecule has 4 aromatic rings. The molecule has 26 heavy (non-hydrogen) atoms. The Morgan fingerprint density at radius 2 is 1.92 bits per heavy atom. The van der Waals surface area contributed by atoms with E-state index in [-0.39, 0.29) is 6.03 Å². The number of fused-ring (bicyclic) bond motifs is 1. The van der Waals surface area contributed by atoms with Gasteiger partial charge in [0.2, 0.25) is 0 Å². The molecule has 2 amide bonds. The van der Waals surface area contributed by atoms with Gasteiger partial charge >= 0.3 is 6.03 Å². The average molecular weight is 346 g/mol. The summed E-state index contributed by atoms with van der Waals surface area (Å²) in [4.78, 5) is 15.9. The van der Waals surface area contributed by atoms with Crippen LogP contribution in [0.2, 0.25) is 0 Å². The molecule has 0 bridgehead atoms. The van der Waals surface area contributed by atoms with Crippen molar-refractivity contribution in [2.45, 2.75) is 6.54 Å². The number of anilines is 1. The summed E-state index contributed by atoms with van der Waals surface area (Å²) < 4.78 is 3.79. The minimum atomic E-state index is -0.234. The first-order valence-electron chi connectivity index (χ1n) is 8.33. The number of hydrogen-bond donors (Lipinski definition) is 2. The molecule has 0 aliphatic carbocycles. The van der Waals surface area contributed by atoms with Crippen molar-refractivity contribution >= 4 is 22.6 Å². The highest BCUT2D eigenvalue weighted by Gasteiger charge is 2.05. The molecular formula is C19H18N6O. The van der Waals surface area contributed by atoms with Crippen molar-refractivity contribution in [2.24, 2.45) is 0 Å². The number of urea groups is 1. The molecule has 0 aliphatic heterocycles. The molecule has 0 unspecified atom stereocenters. The molecule has 2 heterocycles. The van der Waals surface area contributed by atoms with Crippen LogP contribution >= 0.6 is 0 Å². The molecule has 0 saturated heterocycles. The Balaban J connectivity index is 1.37. The van der Waals surface area contributed by atoms with Crippen molar-refractivity contribution in [1.29, 1.82) is 0 Å². The predicted molar refractivity (Wildman–Crippen MR) is 100 cm³/mol. The van der Waals surface area contributed by atoms with E-state index in [0.717, 1.165) is 22.3 Å². The van der Waals surface area contributed by atoms with E-state index < -0.39 is 0 Å². The maximum absolute atomic E-state index is 12.0. The van der Waals surface area contributed by atoms with Crippen LogP contribution < -0.4 is 10.6 Å². The average Bonchev–Trinajstić information content (AvgIpc) is 3.32. The molecule has 0 fully saturated rings. The molecule has 0 atom stereocenters. The molecule has 7 heteroatoms. The predicted octanol–water partition coefficient (Wildman–Crippen LogP) is 3.04. The number of benzene rings is 2. The monoisotopic (exact) mass is 346 g/mol. The highest BCUT2D eigenvalue weighted by atomic mass is 16.2. The van der Waals surface area contributed by atoms with Gasteiger partial charge in [-0.3, -0.25) is 0 Å². The molecule has 130 valence electrons. The zero-order chi connectivity index (χ0) is 17.8. The molecule has 4 rings (SSSR count). The first kappa shape index (κ1) is 15.9. The third-order valence-electron chi connectivity index (χ3n) is 4.06. The van der Waals surface area contributed by atoms with E-state index in [9.17, 15) is 4.79 Å². The molecular weight excluding hydrogens is 328 g/mol. The van der Waals surface area contributed by atoms with Gasteiger partial charge in [0.25, 0.3) is 0 Å². The maximum atomic E-state index is 12.0. The quantitative estimate of drug-likeness (QED) is 0.583. The van der Waals surface area contributed by atoms with Gasteiger partial charge in [0.05, 0.1) is 23.7 Å². The molecule has 0 saturated carbocycles. The van der Waals surface area contributed by atoms with Crippen LogP contribution in [-0.4, -0.2) is 31.9 Å². The number of para-hydroxylation sites is 1. The minimum Gasteiger partial charge on any atom is -0.336 e. The van der Waals surface area contributed by atoms with E-state index >= 15 is 0 Å². The number of nitrogens with zero attached hydrogens (tertiary/aromatic N) is 4. The lowest BCUT2D eigenvalue weighted by Crippen LogP contribution is -2.31. The van der Waals surface area contributed by atoms with Crippen molar-refractivity contribution in [3.05, 3.63) is 73.4 Å². The first-order chi connectivity index (χ1) is 12.8. The zero-order valence-corrected chi connectivity index (χ0v) is 14.0. The summed E-state index contributed by atoms with van der Waals surface area (Å²) in [6.45, 7) is 1.21. The van der Waals surface area contributed by atoms with Crippen LogP contribution in [0.15, 0.2) is 73.4 Å². The second kappa shape index (κ2) is 7.10. The SMILES string of the molecule is O=C(NCCn1ccnc1)Nc1ccc(-n2ncc3ccccc32)cc1. The Labute approximate surface area is 150 Å². The minimum absolute atomic E-state index is 0.234. The van der Waals surface area contributed by atoms with E-state index in [1.165, 1.54) is 0 Å². The lowest BCUT2D eigenvalue weighted by atomic mass is 10.2. The van der Waals surface area contributed by atoms with Crippen LogP contribution in [0.4, 0.5) is 10.5 Å². The maximum Gasteiger partial charge on any atom is 0.319 e. The number of aromatic nitrogens is 4. The van der Waals surface area contributed by atoms with E-state index in [1.807, 2.05) is 70.2 Å². The molecule has 2 aromatic heterocycles. The van der Waals surface area contributed by atoms with E-state index in [0.29, 0.717) is 13.1 Å². The highest BCUT2D eigenvalue weighted by Crippen LogP contribution is 2.19. The van der Waals surface area contributed by atoms with Crippen LogP contribution in [0, 0.1) is 0 Å². The molecule has 7 nitrogen and oxygen atoms in total. The van der Waals surface area contributed by atoms with Crippen LogP contribution in [0.5, 0.6) is 0 Å². The van der Waals surface area contributed by atoms with E-state index in [4.69, 9.17) is 0 Å². The van der Waals surface area contributed by atoms with Gasteiger partial charge in [-0.1, -0.05) is 18.2 Å². The van der Waals surface area contributed by atoms with Gasteiger partial charge < -0.3 is 15.2 Å². The van der Waals surface area contributed by atoms with Gasteiger partial charge in [-0.2, -0.15) is 5.10 Å². The van der Waals surface area contributed by atoms with Crippen LogP contribution in [0.25, 0.3) is 16.6 Å². The number of hydrogen-bond acceptors (Lipinski definition) is 3. The van der Waals surface area contributed by atoms with Crippen LogP contribution in [0.1, 0.15) is 0 Å². The Morgan fingerprint density at radius 1 is 1.08 bits per heavy atom. The Kier molecular flexibility index (Phi) is 4.34. The lowest BCUT2D eigenvalue weighted by Gasteiger charge is -2.09. The number of nitrogens with one attached hydrogen (secondary N) is 2. The van der Waals surface area contributed by atoms with Crippen LogP contribution in [-0.2, 0) is 6.54 Å². The smallest absolute Gasteiger partial charge is 0.319 e. The fourth-order valence-electron chi connectivity index (χ4n) is 2.76. The largest absolute Gasteiger partial charge is 0.336 e. The number of carbonyl (C=O) groups is 1. The number of imidazole rings is 1. The summed E-state index contributed by atoms with van der Waals surface area (Å²) in [6.07, 6.45) is 7.13. The molecule has 2 aromatic carbocycles. The summed E-state index contributed by atoms with van der Waals surface area (Å²) in [5.41, 5.74) is 2.72. The van der Waals surface area contributed by atoms with Gasteiger partial charge in [-0.15, -0.1) is 0 Å². The fraction of sp³-hybridized carbons (Fsp3) is 0.105. The lowest BCUT2D eigenvalue weighted by molar-refractivity contribution is 0.251. The van der Waals surface area contributed by atoms with Crippen molar-refractivity contribution in [2.75, 3.05) is 11.9 Å². The van der Waals surface area contributed by atoms with Gasteiger partial charge in [0.15, 0.2) is 0 Å². The van der Waals surface area contributed by atoms with Gasteiger partial charge in [0, 0.05) is 36.6 Å². The molecule has 0 spiro atoms. The van der Waals surface area contributed by atoms with E-state index in [1.54, 1.807) is 12.5 Å². The molecule has 2 N–H and O–H groups in total. The first-order valence-corrected chi connectivity index (χ1v) is 8.33. The van der Waals surface area contributed by atoms with Gasteiger partial charge in [0.1, 0.15) is 0 Å². The van der Waals surface area contributed by atoms with Gasteiger partial charge in [-0.05, 0) is 30.3 Å². The summed E-state index contributed by atoms with van der Waals surface area (Å²) >= 11 is 0. The number of rotatable bonds is 5. The molecule has 0 aliphatic rings. The van der Waals surface area contributed by atoms with Crippen LogP contribution in [0.3, 0.4) is 0 Å². The fourth-order valence-corrected chi connectivity index (χ4v) is 2.76. The summed E-state index contributed by atoms with van der Waals surface area (Å²) in [5.74, 6) is 0. The normalized spacial score (nSPS) is 10.8. The zero-order valence-electron chi connectivity index (χ0n) is 14.0. The number of carbonyl (C=O) groups excluding carboxylic acids is 1. The van der Waals surface area contributed by atoms with Crippen molar-refractivity contribution in [3.8, 4) is 5.69 Å². The number of amides is 2. The standard InChI is InChI=1S/C19H18N6O/c26-19(21-10-12-24-11-9-20-14-24)23-16-5-7-17(8-6-16)25-18-4-2-1-3-15(18)13-22-25/h1-9,11,13-14H,10,12H2,(H2,21,23,26). The Bertz CT molecular complexity index is 1000. The Morgan fingerprint density at radius 3 is 2.73 bits per heavy atom. The third kappa shape index (κ3) is 3.41. The summed E-state index contributed by atoms with van der Waals surface area (Å²) in [7, 11) is 0. The Hall–Kier alpha value is -3.61. The van der Waals surface area contributed by atoms with Crippen molar-refractivity contribution in [1.82, 2.24) is 24.6 Å². The van der Waals surface area contributed by atoms with Gasteiger partial charge in [-0.25, -0.2) is 14.5 Å². The summed E-state index contributed by atoms with van der Waals surface area (Å²) in [5, 5.41) is 11.2. The van der Waals surface area contributed by atoms with E-state index in [2.05, 4.69) is 20.7 Å².